The SMILES string of the molecule is CCC(COCCCCCCCCCCCCCCCCCOF)OCc1ccccc1. The van der Waals surface area contributed by atoms with E-state index in [1.54, 1.807) is 0 Å². The molecule has 0 aliphatic rings. The van der Waals surface area contributed by atoms with Crippen LogP contribution in [0.15, 0.2) is 30.3 Å². The number of ether oxygens (including phenoxy) is 2. The Bertz CT molecular complexity index is 483. The first-order chi connectivity index (χ1) is 15.9. The van der Waals surface area contributed by atoms with Crippen molar-refractivity contribution in [2.24, 2.45) is 0 Å². The van der Waals surface area contributed by atoms with Crippen LogP contribution in [-0.4, -0.2) is 25.9 Å². The number of rotatable bonds is 24. The summed E-state index contributed by atoms with van der Waals surface area (Å²) in [6, 6.07) is 10.3. The van der Waals surface area contributed by atoms with E-state index in [4.69, 9.17) is 9.47 Å². The van der Waals surface area contributed by atoms with E-state index < -0.39 is 0 Å². The van der Waals surface area contributed by atoms with Crippen LogP contribution in [-0.2, 0) is 21.0 Å². The lowest BCUT2D eigenvalue weighted by atomic mass is 10.0. The lowest BCUT2D eigenvalue weighted by Crippen LogP contribution is -2.19. The zero-order chi connectivity index (χ0) is 23.0. The van der Waals surface area contributed by atoms with Crippen molar-refractivity contribution in [2.45, 2.75) is 122 Å². The highest BCUT2D eigenvalue weighted by atomic mass is 19.3. The Hall–Kier alpha value is -0.970. The molecule has 0 aliphatic heterocycles. The molecule has 0 spiro atoms. The van der Waals surface area contributed by atoms with Crippen molar-refractivity contribution in [3.63, 3.8) is 0 Å². The Morgan fingerprint density at radius 1 is 0.656 bits per heavy atom. The lowest BCUT2D eigenvalue weighted by Gasteiger charge is -2.16. The Morgan fingerprint density at radius 2 is 1.12 bits per heavy atom. The molecule has 0 fully saturated rings. The minimum atomic E-state index is 0.192. The van der Waals surface area contributed by atoms with Gasteiger partial charge in [-0.25, -0.2) is 0 Å². The van der Waals surface area contributed by atoms with Gasteiger partial charge in [-0.2, -0.15) is 4.94 Å². The second-order valence-corrected chi connectivity index (χ2v) is 9.02. The Balaban J connectivity index is 1.76. The Morgan fingerprint density at radius 3 is 1.59 bits per heavy atom. The van der Waals surface area contributed by atoms with E-state index in [0.29, 0.717) is 13.2 Å². The molecule has 1 aromatic rings. The van der Waals surface area contributed by atoms with Gasteiger partial charge in [0.2, 0.25) is 0 Å². The Kier molecular flexibility index (Phi) is 21.1. The average molecular weight is 453 g/mol. The van der Waals surface area contributed by atoms with E-state index in [-0.39, 0.29) is 12.7 Å². The molecule has 0 radical (unpaired) electrons. The molecular formula is C28H49FO3. The monoisotopic (exact) mass is 452 g/mol. The van der Waals surface area contributed by atoms with Crippen molar-refractivity contribution in [1.29, 1.82) is 0 Å². The van der Waals surface area contributed by atoms with E-state index in [1.807, 2.05) is 6.07 Å². The summed E-state index contributed by atoms with van der Waals surface area (Å²) >= 11 is 0. The summed E-state index contributed by atoms with van der Waals surface area (Å²) in [5, 5.41) is 0. The van der Waals surface area contributed by atoms with Crippen LogP contribution < -0.4 is 0 Å². The van der Waals surface area contributed by atoms with Crippen molar-refractivity contribution in [3.05, 3.63) is 35.9 Å². The summed E-state index contributed by atoms with van der Waals surface area (Å²) in [5.41, 5.74) is 1.22. The highest BCUT2D eigenvalue weighted by molar-refractivity contribution is 5.13. The minimum absolute atomic E-state index is 0.192. The van der Waals surface area contributed by atoms with Crippen LogP contribution in [0.5, 0.6) is 0 Å². The molecule has 186 valence electrons. The van der Waals surface area contributed by atoms with Crippen LogP contribution >= 0.6 is 0 Å². The molecule has 3 nitrogen and oxygen atoms in total. The molecule has 0 saturated heterocycles. The molecule has 0 bridgehead atoms. The van der Waals surface area contributed by atoms with Crippen molar-refractivity contribution in [3.8, 4) is 0 Å². The standard InChI is InChI=1S/C28H49FO3/c1-2-28(31-25-27-21-17-16-18-22-27)26-30-23-19-14-12-10-8-6-4-3-5-7-9-11-13-15-20-24-32-29/h16-18,21-22,28H,2-15,19-20,23-26H2,1H3. The summed E-state index contributed by atoms with van der Waals surface area (Å²) in [6.07, 6.45) is 20.4. The zero-order valence-electron chi connectivity index (χ0n) is 20.7. The number of unbranched alkanes of at least 4 members (excludes halogenated alkanes) is 14. The third-order valence-electron chi connectivity index (χ3n) is 6.10. The maximum absolute atomic E-state index is 11.5. The van der Waals surface area contributed by atoms with Crippen LogP contribution in [0.2, 0.25) is 0 Å². The predicted molar refractivity (Wildman–Crippen MR) is 132 cm³/mol. The fourth-order valence-electron chi connectivity index (χ4n) is 3.95. The third kappa shape index (κ3) is 18.6. The molecule has 0 aliphatic carbocycles. The second kappa shape index (κ2) is 23.2. The van der Waals surface area contributed by atoms with Gasteiger partial charge < -0.3 is 9.47 Å². The highest BCUT2D eigenvalue weighted by Gasteiger charge is 2.07. The predicted octanol–water partition coefficient (Wildman–Crippen LogP) is 8.75. The van der Waals surface area contributed by atoms with Gasteiger partial charge in [0.25, 0.3) is 0 Å². The number of halogens is 1. The van der Waals surface area contributed by atoms with E-state index in [1.165, 1.54) is 82.6 Å². The van der Waals surface area contributed by atoms with Gasteiger partial charge in [-0.05, 0) is 29.4 Å². The van der Waals surface area contributed by atoms with E-state index in [2.05, 4.69) is 36.1 Å². The molecule has 0 saturated carbocycles. The van der Waals surface area contributed by atoms with Gasteiger partial charge in [0.15, 0.2) is 0 Å². The van der Waals surface area contributed by atoms with Gasteiger partial charge in [-0.1, -0.05) is 121 Å². The topological polar surface area (TPSA) is 27.7 Å². The van der Waals surface area contributed by atoms with Crippen LogP contribution in [0.25, 0.3) is 0 Å². The molecule has 1 aromatic carbocycles. The van der Waals surface area contributed by atoms with Crippen LogP contribution in [0.3, 0.4) is 0 Å². The van der Waals surface area contributed by atoms with Gasteiger partial charge in [-0.3, -0.25) is 0 Å². The Labute approximate surface area is 197 Å². The lowest BCUT2D eigenvalue weighted by molar-refractivity contribution is -0.133. The van der Waals surface area contributed by atoms with Crippen molar-refractivity contribution >= 4 is 0 Å². The molecule has 1 atom stereocenters. The zero-order valence-corrected chi connectivity index (χ0v) is 20.7. The van der Waals surface area contributed by atoms with Gasteiger partial charge in [0.1, 0.15) is 0 Å². The van der Waals surface area contributed by atoms with E-state index in [9.17, 15) is 4.53 Å². The molecule has 4 heteroatoms. The molecule has 32 heavy (non-hydrogen) atoms. The molecule has 0 N–H and O–H groups in total. The molecule has 1 unspecified atom stereocenters. The third-order valence-corrected chi connectivity index (χ3v) is 6.10. The fraction of sp³-hybridized carbons (Fsp3) is 0.786. The fourth-order valence-corrected chi connectivity index (χ4v) is 3.95. The molecule has 0 amide bonds. The van der Waals surface area contributed by atoms with Crippen LogP contribution in [0, 0.1) is 0 Å². The van der Waals surface area contributed by atoms with Crippen molar-refractivity contribution in [2.75, 3.05) is 19.8 Å². The summed E-state index contributed by atoms with van der Waals surface area (Å²) < 4.78 is 23.3. The molecule has 1 rings (SSSR count). The average Bonchev–Trinajstić information content (AvgIpc) is 2.83. The van der Waals surface area contributed by atoms with E-state index >= 15 is 0 Å². The molecular weight excluding hydrogens is 403 g/mol. The quantitative estimate of drug-likeness (QED) is 0.147. The summed E-state index contributed by atoms with van der Waals surface area (Å²) in [5.74, 6) is 0. The number of hydrogen-bond acceptors (Lipinski definition) is 3. The summed E-state index contributed by atoms with van der Waals surface area (Å²) in [7, 11) is 0. The first-order valence-corrected chi connectivity index (χ1v) is 13.3. The summed E-state index contributed by atoms with van der Waals surface area (Å²) in [4.78, 5) is 3.59. The van der Waals surface area contributed by atoms with Crippen LogP contribution in [0.1, 0.15) is 115 Å². The maximum Gasteiger partial charge on any atom is 0.0876 e. The highest BCUT2D eigenvalue weighted by Crippen LogP contribution is 2.13. The maximum atomic E-state index is 11.5. The van der Waals surface area contributed by atoms with Crippen LogP contribution in [0.4, 0.5) is 4.53 Å². The van der Waals surface area contributed by atoms with Crippen molar-refractivity contribution in [1.82, 2.24) is 0 Å². The minimum Gasteiger partial charge on any atom is -0.379 e. The van der Waals surface area contributed by atoms with Crippen molar-refractivity contribution < 1.29 is 18.9 Å². The first kappa shape index (κ1) is 29.1. The second-order valence-electron chi connectivity index (χ2n) is 9.02. The van der Waals surface area contributed by atoms with Gasteiger partial charge in [0.05, 0.1) is 25.9 Å². The summed E-state index contributed by atoms with van der Waals surface area (Å²) in [6.45, 7) is 4.65. The van der Waals surface area contributed by atoms with Gasteiger partial charge in [0, 0.05) is 6.61 Å². The molecule has 0 heterocycles. The van der Waals surface area contributed by atoms with Gasteiger partial charge >= 0.3 is 0 Å². The smallest absolute Gasteiger partial charge is 0.0876 e. The van der Waals surface area contributed by atoms with E-state index in [0.717, 1.165) is 32.3 Å². The number of benzene rings is 1. The normalized spacial score (nSPS) is 12.3. The first-order valence-electron chi connectivity index (χ1n) is 13.3. The molecule has 0 aromatic heterocycles. The van der Waals surface area contributed by atoms with Gasteiger partial charge in [-0.15, -0.1) is 0 Å². The largest absolute Gasteiger partial charge is 0.379 e. The number of hydrogen-bond donors (Lipinski definition) is 0.